The molecule has 8 nitrogen and oxygen atoms in total. The number of nitrogens with one attached hydrogen (secondary N) is 3. The van der Waals surface area contributed by atoms with Gasteiger partial charge in [0.1, 0.15) is 0 Å². The first-order valence-electron chi connectivity index (χ1n) is 6.64. The Kier molecular flexibility index (Phi) is 6.23. The smallest absolute Gasteiger partial charge is 0.328 e. The fourth-order valence-corrected chi connectivity index (χ4v) is 1.56. The van der Waals surface area contributed by atoms with Crippen LogP contribution >= 0.6 is 0 Å². The number of aliphatic hydroxyl groups is 1. The van der Waals surface area contributed by atoms with Crippen LogP contribution in [0.15, 0.2) is 0 Å². The predicted molar refractivity (Wildman–Crippen MR) is 70.0 cm³/mol. The molecule has 1 saturated carbocycles. The predicted octanol–water partition coefficient (Wildman–Crippen LogP) is -0.822. The third-order valence-electron chi connectivity index (χ3n) is 2.84. The molecule has 1 aliphatic carbocycles. The molecule has 114 valence electrons. The van der Waals surface area contributed by atoms with Crippen molar-refractivity contribution in [1.82, 2.24) is 16.0 Å². The van der Waals surface area contributed by atoms with Crippen molar-refractivity contribution >= 4 is 17.9 Å². The lowest BCUT2D eigenvalue weighted by Gasteiger charge is -2.17. The van der Waals surface area contributed by atoms with E-state index >= 15 is 0 Å². The van der Waals surface area contributed by atoms with E-state index in [1.807, 2.05) is 0 Å². The molecule has 0 heterocycles. The average Bonchev–Trinajstić information content (AvgIpc) is 3.14. The van der Waals surface area contributed by atoms with Crippen LogP contribution in [0.4, 0.5) is 4.79 Å². The van der Waals surface area contributed by atoms with Crippen LogP contribution < -0.4 is 16.0 Å². The van der Waals surface area contributed by atoms with E-state index in [9.17, 15) is 19.5 Å². The van der Waals surface area contributed by atoms with Gasteiger partial charge in [-0.25, -0.2) is 9.59 Å². The van der Waals surface area contributed by atoms with Gasteiger partial charge in [0, 0.05) is 19.0 Å². The molecule has 20 heavy (non-hydrogen) atoms. The minimum Gasteiger partial charge on any atom is -0.480 e. The Balaban J connectivity index is 2.12. The number of carbonyl (C=O) groups excluding carboxylic acids is 2. The molecular weight excluding hydrogens is 266 g/mol. The van der Waals surface area contributed by atoms with Crippen molar-refractivity contribution in [3.8, 4) is 0 Å². The molecule has 2 atom stereocenters. The molecule has 0 radical (unpaired) electrons. The van der Waals surface area contributed by atoms with Crippen molar-refractivity contribution in [1.29, 1.82) is 0 Å². The molecule has 0 saturated heterocycles. The van der Waals surface area contributed by atoms with Gasteiger partial charge in [0.15, 0.2) is 6.04 Å². The number of carboxylic acid groups (broad SMARTS) is 1. The van der Waals surface area contributed by atoms with Gasteiger partial charge in [-0.2, -0.15) is 0 Å². The Morgan fingerprint density at radius 1 is 1.30 bits per heavy atom. The van der Waals surface area contributed by atoms with E-state index in [1.165, 1.54) is 6.92 Å². The van der Waals surface area contributed by atoms with Crippen molar-refractivity contribution in [2.75, 3.05) is 6.54 Å². The van der Waals surface area contributed by atoms with Crippen LogP contribution in [0.3, 0.4) is 0 Å². The van der Waals surface area contributed by atoms with E-state index in [1.54, 1.807) is 0 Å². The highest BCUT2D eigenvalue weighted by Crippen LogP contribution is 2.18. The number of amides is 3. The molecular formula is C12H21N3O5. The highest BCUT2D eigenvalue weighted by atomic mass is 16.4. The lowest BCUT2D eigenvalue weighted by atomic mass is 10.2. The number of carboxylic acids is 1. The van der Waals surface area contributed by atoms with Crippen molar-refractivity contribution in [2.45, 2.75) is 50.8 Å². The van der Waals surface area contributed by atoms with Crippen LogP contribution in [0.5, 0.6) is 0 Å². The SMILES string of the molecule is C[C@@H](O)[C@H](NC(=O)NCCCC(=O)NC1CC1)C(=O)O. The number of urea groups is 1. The third kappa shape index (κ3) is 6.37. The molecule has 0 aliphatic heterocycles. The van der Waals surface area contributed by atoms with Gasteiger partial charge in [0.2, 0.25) is 5.91 Å². The van der Waals surface area contributed by atoms with Gasteiger partial charge >= 0.3 is 12.0 Å². The Labute approximate surface area is 116 Å². The number of rotatable bonds is 8. The van der Waals surface area contributed by atoms with Crippen LogP contribution in [0, 0.1) is 0 Å². The lowest BCUT2D eigenvalue weighted by molar-refractivity contribution is -0.141. The zero-order valence-electron chi connectivity index (χ0n) is 11.4. The summed E-state index contributed by atoms with van der Waals surface area (Å²) in [6, 6.07) is -1.71. The Hall–Kier alpha value is -1.83. The molecule has 1 rings (SSSR count). The summed E-state index contributed by atoms with van der Waals surface area (Å²) in [5.74, 6) is -1.35. The second-order valence-corrected chi connectivity index (χ2v) is 4.90. The summed E-state index contributed by atoms with van der Waals surface area (Å²) in [7, 11) is 0. The number of hydrogen-bond acceptors (Lipinski definition) is 4. The standard InChI is InChI=1S/C12H21N3O5/c1-7(16)10(11(18)19)15-12(20)13-6-2-3-9(17)14-8-4-5-8/h7-8,10,16H,2-6H2,1H3,(H,14,17)(H,18,19)(H2,13,15,20)/t7-,10+/m1/s1. The van der Waals surface area contributed by atoms with Crippen LogP contribution in [0.2, 0.25) is 0 Å². The van der Waals surface area contributed by atoms with Crippen molar-refractivity contribution < 1.29 is 24.6 Å². The molecule has 0 unspecified atom stereocenters. The van der Waals surface area contributed by atoms with Crippen LogP contribution in [0.25, 0.3) is 0 Å². The first-order valence-corrected chi connectivity index (χ1v) is 6.64. The maximum atomic E-state index is 11.4. The van der Waals surface area contributed by atoms with E-state index in [-0.39, 0.29) is 12.5 Å². The quantitative estimate of drug-likeness (QED) is 0.373. The molecule has 5 N–H and O–H groups in total. The summed E-state index contributed by atoms with van der Waals surface area (Å²) < 4.78 is 0. The van der Waals surface area contributed by atoms with Crippen LogP contribution in [-0.4, -0.2) is 52.9 Å². The van der Waals surface area contributed by atoms with Gasteiger partial charge in [-0.3, -0.25) is 4.79 Å². The topological polar surface area (TPSA) is 128 Å². The minimum absolute atomic E-state index is 0.0397. The molecule has 3 amide bonds. The van der Waals surface area contributed by atoms with E-state index in [2.05, 4.69) is 16.0 Å². The van der Waals surface area contributed by atoms with Crippen LogP contribution in [-0.2, 0) is 9.59 Å². The van der Waals surface area contributed by atoms with Gasteiger partial charge < -0.3 is 26.2 Å². The summed E-state index contributed by atoms with van der Waals surface area (Å²) in [6.45, 7) is 1.54. The number of aliphatic carboxylic acids is 1. The molecule has 1 fully saturated rings. The molecule has 8 heteroatoms. The summed E-state index contributed by atoms with van der Waals surface area (Å²) in [4.78, 5) is 33.5. The second-order valence-electron chi connectivity index (χ2n) is 4.90. The third-order valence-corrected chi connectivity index (χ3v) is 2.84. The second kappa shape index (κ2) is 7.68. The Morgan fingerprint density at radius 2 is 1.95 bits per heavy atom. The summed E-state index contributed by atoms with van der Waals surface area (Å²) >= 11 is 0. The fourth-order valence-electron chi connectivity index (χ4n) is 1.56. The molecule has 0 aromatic heterocycles. The highest BCUT2D eigenvalue weighted by molar-refractivity contribution is 5.83. The molecule has 1 aliphatic rings. The average molecular weight is 287 g/mol. The van der Waals surface area contributed by atoms with Crippen molar-refractivity contribution in [3.05, 3.63) is 0 Å². The summed E-state index contributed by atoms with van der Waals surface area (Å²) in [5.41, 5.74) is 0. The maximum Gasteiger partial charge on any atom is 0.328 e. The maximum absolute atomic E-state index is 11.4. The van der Waals surface area contributed by atoms with Gasteiger partial charge in [-0.05, 0) is 26.2 Å². The summed E-state index contributed by atoms with van der Waals surface area (Å²) in [5, 5.41) is 25.4. The van der Waals surface area contributed by atoms with Crippen LogP contribution in [0.1, 0.15) is 32.6 Å². The summed E-state index contributed by atoms with van der Waals surface area (Å²) in [6.07, 6.45) is 1.65. The largest absolute Gasteiger partial charge is 0.480 e. The van der Waals surface area contributed by atoms with Crippen molar-refractivity contribution in [2.24, 2.45) is 0 Å². The number of aliphatic hydroxyl groups excluding tert-OH is 1. The fraction of sp³-hybridized carbons (Fsp3) is 0.750. The van der Waals surface area contributed by atoms with Gasteiger partial charge in [0.25, 0.3) is 0 Å². The number of hydrogen-bond donors (Lipinski definition) is 5. The minimum atomic E-state index is -1.35. The normalized spacial score (nSPS) is 16.9. The Morgan fingerprint density at radius 3 is 2.45 bits per heavy atom. The van der Waals surface area contributed by atoms with E-state index in [0.717, 1.165) is 12.8 Å². The van der Waals surface area contributed by atoms with Gasteiger partial charge in [-0.15, -0.1) is 0 Å². The number of carbonyl (C=O) groups is 3. The molecule has 0 aromatic rings. The zero-order chi connectivity index (χ0) is 15.1. The van der Waals surface area contributed by atoms with E-state index in [0.29, 0.717) is 18.9 Å². The lowest BCUT2D eigenvalue weighted by Crippen LogP contribution is -2.51. The molecule has 0 spiro atoms. The molecule has 0 bridgehead atoms. The van der Waals surface area contributed by atoms with Gasteiger partial charge in [0.05, 0.1) is 6.10 Å². The van der Waals surface area contributed by atoms with E-state index < -0.39 is 24.1 Å². The zero-order valence-corrected chi connectivity index (χ0v) is 11.4. The highest BCUT2D eigenvalue weighted by Gasteiger charge is 2.25. The first-order chi connectivity index (χ1) is 9.40. The van der Waals surface area contributed by atoms with Gasteiger partial charge in [-0.1, -0.05) is 0 Å². The molecule has 0 aromatic carbocycles. The first kappa shape index (κ1) is 16.2. The monoisotopic (exact) mass is 287 g/mol. The van der Waals surface area contributed by atoms with Crippen molar-refractivity contribution in [3.63, 3.8) is 0 Å². The Bertz CT molecular complexity index is 368. The van der Waals surface area contributed by atoms with E-state index in [4.69, 9.17) is 5.11 Å².